The maximum Gasteiger partial charge on any atom is 0.488 e. The molecular formula is C17H19BN2O4. The van der Waals surface area contributed by atoms with Crippen LogP contribution in [0.15, 0.2) is 42.6 Å². The Hall–Kier alpha value is -2.22. The smallest absolute Gasteiger partial charge is 0.423 e. The molecule has 0 aliphatic carbocycles. The number of nitrogens with one attached hydrogen (secondary N) is 1. The molecule has 3 rings (SSSR count). The fourth-order valence-corrected chi connectivity index (χ4v) is 2.67. The lowest BCUT2D eigenvalue weighted by Crippen LogP contribution is -2.38. The largest absolute Gasteiger partial charge is 0.488 e. The maximum atomic E-state index is 12.3. The molecule has 0 unspecified atom stereocenters. The fraction of sp³-hybridized carbons (Fsp3) is 0.294. The lowest BCUT2D eigenvalue weighted by atomic mass is 9.80. The van der Waals surface area contributed by atoms with Crippen molar-refractivity contribution in [3.63, 3.8) is 0 Å². The van der Waals surface area contributed by atoms with Gasteiger partial charge in [0.15, 0.2) is 0 Å². The average molecular weight is 326 g/mol. The highest BCUT2D eigenvalue weighted by Gasteiger charge is 2.17. The molecule has 1 aliphatic heterocycles. The zero-order chi connectivity index (χ0) is 16.9. The summed E-state index contributed by atoms with van der Waals surface area (Å²) in [6.07, 6.45) is 3.20. The van der Waals surface area contributed by atoms with E-state index < -0.39 is 7.12 Å². The SMILES string of the molecule is O=C(NC1CCOCC1)c1ccc(-c2cc(B(O)O)ccn2)cc1. The van der Waals surface area contributed by atoms with E-state index in [4.69, 9.17) is 4.74 Å². The standard InChI is InChI=1S/C17H19BN2O4/c21-17(20-15-6-9-24-10-7-15)13-3-1-12(2-4-13)16-11-14(18(22)23)5-8-19-16/h1-5,8,11,15,22-23H,6-7,9-10H2,(H,20,21). The lowest BCUT2D eigenvalue weighted by Gasteiger charge is -2.23. The van der Waals surface area contributed by atoms with Gasteiger partial charge in [0.1, 0.15) is 0 Å². The zero-order valence-corrected chi connectivity index (χ0v) is 13.2. The van der Waals surface area contributed by atoms with Crippen molar-refractivity contribution in [2.45, 2.75) is 18.9 Å². The monoisotopic (exact) mass is 326 g/mol. The van der Waals surface area contributed by atoms with E-state index >= 15 is 0 Å². The highest BCUT2D eigenvalue weighted by molar-refractivity contribution is 6.58. The number of rotatable bonds is 4. The maximum absolute atomic E-state index is 12.3. The first-order valence-electron chi connectivity index (χ1n) is 7.94. The van der Waals surface area contributed by atoms with Gasteiger partial charge in [-0.3, -0.25) is 9.78 Å². The van der Waals surface area contributed by atoms with Gasteiger partial charge in [-0.05, 0) is 42.6 Å². The van der Waals surface area contributed by atoms with E-state index in [9.17, 15) is 14.8 Å². The van der Waals surface area contributed by atoms with Gasteiger partial charge < -0.3 is 20.1 Å². The predicted molar refractivity (Wildman–Crippen MR) is 90.8 cm³/mol. The minimum Gasteiger partial charge on any atom is -0.423 e. The van der Waals surface area contributed by atoms with Crippen molar-refractivity contribution < 1.29 is 19.6 Å². The van der Waals surface area contributed by atoms with Crippen LogP contribution in [0.4, 0.5) is 0 Å². The number of amides is 1. The quantitative estimate of drug-likeness (QED) is 0.705. The Labute approximate surface area is 140 Å². The Balaban J connectivity index is 1.70. The van der Waals surface area contributed by atoms with E-state index in [1.165, 1.54) is 6.20 Å². The van der Waals surface area contributed by atoms with Crippen molar-refractivity contribution in [3.05, 3.63) is 48.2 Å². The Kier molecular flexibility index (Phi) is 5.25. The van der Waals surface area contributed by atoms with Gasteiger partial charge in [-0.25, -0.2) is 0 Å². The summed E-state index contributed by atoms with van der Waals surface area (Å²) < 4.78 is 5.28. The molecule has 3 N–H and O–H groups in total. The third-order valence-electron chi connectivity index (χ3n) is 4.08. The minimum absolute atomic E-state index is 0.0964. The third kappa shape index (κ3) is 4.00. The van der Waals surface area contributed by atoms with E-state index in [-0.39, 0.29) is 11.9 Å². The van der Waals surface area contributed by atoms with Crippen LogP contribution in [0.1, 0.15) is 23.2 Å². The zero-order valence-electron chi connectivity index (χ0n) is 13.2. The summed E-state index contributed by atoms with van der Waals surface area (Å²) in [7, 11) is -1.53. The number of aromatic nitrogens is 1. The fourth-order valence-electron chi connectivity index (χ4n) is 2.67. The van der Waals surface area contributed by atoms with E-state index in [2.05, 4.69) is 10.3 Å². The first-order chi connectivity index (χ1) is 11.6. The number of carbonyl (C=O) groups excluding carboxylic acids is 1. The Morgan fingerprint density at radius 2 is 1.88 bits per heavy atom. The molecule has 0 radical (unpaired) electrons. The second-order valence-electron chi connectivity index (χ2n) is 5.79. The van der Waals surface area contributed by atoms with Crippen molar-refractivity contribution in [3.8, 4) is 11.3 Å². The molecular weight excluding hydrogens is 307 g/mol. The van der Waals surface area contributed by atoms with Gasteiger partial charge in [0.05, 0.1) is 5.69 Å². The van der Waals surface area contributed by atoms with Crippen LogP contribution < -0.4 is 10.8 Å². The molecule has 124 valence electrons. The van der Waals surface area contributed by atoms with Gasteiger partial charge in [0.2, 0.25) is 0 Å². The van der Waals surface area contributed by atoms with E-state index in [0.29, 0.717) is 29.9 Å². The number of ether oxygens (including phenoxy) is 1. The van der Waals surface area contributed by atoms with Crippen LogP contribution in [0.3, 0.4) is 0 Å². The molecule has 0 atom stereocenters. The number of pyridine rings is 1. The van der Waals surface area contributed by atoms with Crippen molar-refractivity contribution >= 4 is 18.5 Å². The molecule has 1 aromatic heterocycles. The number of nitrogens with zero attached hydrogens (tertiary/aromatic N) is 1. The van der Waals surface area contributed by atoms with Crippen molar-refractivity contribution in [2.75, 3.05) is 13.2 Å². The summed E-state index contributed by atoms with van der Waals surface area (Å²) >= 11 is 0. The van der Waals surface area contributed by atoms with Crippen LogP contribution in [0.25, 0.3) is 11.3 Å². The molecule has 2 aromatic rings. The van der Waals surface area contributed by atoms with Crippen LogP contribution >= 0.6 is 0 Å². The molecule has 1 saturated heterocycles. The molecule has 1 aliphatic rings. The topological polar surface area (TPSA) is 91.7 Å². The van der Waals surface area contributed by atoms with Crippen LogP contribution in [-0.2, 0) is 4.74 Å². The summed E-state index contributed by atoms with van der Waals surface area (Å²) in [4.78, 5) is 16.5. The molecule has 1 fully saturated rings. The average Bonchev–Trinajstić information content (AvgIpc) is 2.63. The third-order valence-corrected chi connectivity index (χ3v) is 4.08. The molecule has 0 saturated carbocycles. The Morgan fingerprint density at radius 3 is 2.54 bits per heavy atom. The van der Waals surface area contributed by atoms with Crippen LogP contribution in [-0.4, -0.2) is 47.3 Å². The van der Waals surface area contributed by atoms with Gasteiger partial charge in [-0.15, -0.1) is 0 Å². The summed E-state index contributed by atoms with van der Waals surface area (Å²) in [5.41, 5.74) is 2.39. The molecule has 6 nitrogen and oxygen atoms in total. The summed E-state index contributed by atoms with van der Waals surface area (Å²) in [6, 6.07) is 10.4. The van der Waals surface area contributed by atoms with Gasteiger partial charge >= 0.3 is 7.12 Å². The summed E-state index contributed by atoms with van der Waals surface area (Å²) in [6.45, 7) is 1.37. The summed E-state index contributed by atoms with van der Waals surface area (Å²) in [5.74, 6) is -0.0964. The number of hydrogen-bond donors (Lipinski definition) is 3. The highest BCUT2D eigenvalue weighted by atomic mass is 16.5. The number of carbonyl (C=O) groups is 1. The van der Waals surface area contributed by atoms with Gasteiger partial charge in [-0.1, -0.05) is 12.1 Å². The number of benzene rings is 1. The minimum atomic E-state index is -1.53. The van der Waals surface area contributed by atoms with Crippen LogP contribution in [0, 0.1) is 0 Å². The molecule has 1 aromatic carbocycles. The first-order valence-corrected chi connectivity index (χ1v) is 7.94. The van der Waals surface area contributed by atoms with Gasteiger partial charge in [0.25, 0.3) is 5.91 Å². The normalized spacial score (nSPS) is 15.1. The molecule has 1 amide bonds. The predicted octanol–water partition coefficient (Wildman–Crippen LogP) is 0.337. The van der Waals surface area contributed by atoms with E-state index in [1.807, 2.05) is 0 Å². The molecule has 0 bridgehead atoms. The van der Waals surface area contributed by atoms with E-state index in [1.54, 1.807) is 36.4 Å². The highest BCUT2D eigenvalue weighted by Crippen LogP contribution is 2.17. The first kappa shape index (κ1) is 16.6. The molecule has 0 spiro atoms. The van der Waals surface area contributed by atoms with Gasteiger partial charge in [0, 0.05) is 36.6 Å². The Morgan fingerprint density at radius 1 is 1.17 bits per heavy atom. The number of hydrogen-bond acceptors (Lipinski definition) is 5. The summed E-state index contributed by atoms with van der Waals surface area (Å²) in [5, 5.41) is 21.5. The molecule has 2 heterocycles. The molecule has 24 heavy (non-hydrogen) atoms. The Bertz CT molecular complexity index is 700. The molecule has 7 heteroatoms. The van der Waals surface area contributed by atoms with E-state index in [0.717, 1.165) is 18.4 Å². The second kappa shape index (κ2) is 7.57. The van der Waals surface area contributed by atoms with Crippen molar-refractivity contribution in [1.29, 1.82) is 0 Å². The van der Waals surface area contributed by atoms with Crippen LogP contribution in [0.2, 0.25) is 0 Å². The lowest BCUT2D eigenvalue weighted by molar-refractivity contribution is 0.0696. The van der Waals surface area contributed by atoms with Crippen molar-refractivity contribution in [1.82, 2.24) is 10.3 Å². The second-order valence-corrected chi connectivity index (χ2v) is 5.79. The van der Waals surface area contributed by atoms with Crippen LogP contribution in [0.5, 0.6) is 0 Å². The van der Waals surface area contributed by atoms with Crippen molar-refractivity contribution in [2.24, 2.45) is 0 Å². The van der Waals surface area contributed by atoms with Gasteiger partial charge in [-0.2, -0.15) is 0 Å².